The van der Waals surface area contributed by atoms with Crippen LogP contribution in [0.3, 0.4) is 0 Å². The average Bonchev–Trinajstić information content (AvgIpc) is 3.31. The molecule has 1 aliphatic rings. The number of hydrogen-bond acceptors (Lipinski definition) is 6. The summed E-state index contributed by atoms with van der Waals surface area (Å²) in [6.45, 7) is 2.47. The number of carbonyl (C=O) groups excluding carboxylic acids is 4. The lowest BCUT2D eigenvalue weighted by atomic mass is 10.0. The minimum atomic E-state index is -0.812. The van der Waals surface area contributed by atoms with E-state index >= 15 is 0 Å². The molecular formula is C24H35N3O6. The summed E-state index contributed by atoms with van der Waals surface area (Å²) in [6, 6.07) is 8.01. The number of hydroxylamine groups is 1. The number of likely N-dealkylation sites (tertiary alicyclic amines) is 1. The highest BCUT2D eigenvalue weighted by Gasteiger charge is 2.35. The molecule has 0 aromatic heterocycles. The van der Waals surface area contributed by atoms with Crippen molar-refractivity contribution in [2.75, 3.05) is 13.2 Å². The highest BCUT2D eigenvalue weighted by molar-refractivity contribution is 5.91. The van der Waals surface area contributed by atoms with Crippen LogP contribution in [0.2, 0.25) is 0 Å². The monoisotopic (exact) mass is 461 g/mol. The molecule has 3 amide bonds. The summed E-state index contributed by atoms with van der Waals surface area (Å²) >= 11 is 0. The molecule has 0 aliphatic carbocycles. The molecule has 9 nitrogen and oxygen atoms in total. The molecule has 9 heteroatoms. The van der Waals surface area contributed by atoms with E-state index in [1.807, 2.05) is 30.3 Å². The first-order valence-corrected chi connectivity index (χ1v) is 11.7. The lowest BCUT2D eigenvalue weighted by Crippen LogP contribution is -2.51. The van der Waals surface area contributed by atoms with Crippen molar-refractivity contribution in [2.45, 2.75) is 76.8 Å². The fraction of sp³-hybridized carbons (Fsp3) is 0.583. The molecule has 1 saturated heterocycles. The van der Waals surface area contributed by atoms with Crippen LogP contribution in [0.5, 0.6) is 0 Å². The third-order valence-corrected chi connectivity index (χ3v) is 5.72. The topological polar surface area (TPSA) is 125 Å². The summed E-state index contributed by atoms with van der Waals surface area (Å²) in [7, 11) is 0. The lowest BCUT2D eigenvalue weighted by Gasteiger charge is -2.26. The highest BCUT2D eigenvalue weighted by atomic mass is 16.5. The summed E-state index contributed by atoms with van der Waals surface area (Å²) in [4.78, 5) is 50.8. The Balaban J connectivity index is 1.87. The maximum atomic E-state index is 13.0. The van der Waals surface area contributed by atoms with Crippen molar-refractivity contribution in [1.29, 1.82) is 0 Å². The molecular weight excluding hydrogens is 426 g/mol. The second kappa shape index (κ2) is 14.3. The maximum Gasteiger partial charge on any atom is 0.328 e. The molecule has 182 valence electrons. The molecule has 2 rings (SSSR count). The zero-order valence-electron chi connectivity index (χ0n) is 19.3. The minimum absolute atomic E-state index is 0.0727. The van der Waals surface area contributed by atoms with Gasteiger partial charge in [0.1, 0.15) is 12.1 Å². The van der Waals surface area contributed by atoms with Gasteiger partial charge in [-0.2, -0.15) is 0 Å². The zero-order chi connectivity index (χ0) is 24.1. The van der Waals surface area contributed by atoms with Crippen LogP contribution in [-0.2, 0) is 30.3 Å². The fourth-order valence-corrected chi connectivity index (χ4v) is 4.01. The Morgan fingerprint density at radius 1 is 1.09 bits per heavy atom. The number of nitrogens with zero attached hydrogens (tertiary/aromatic N) is 1. The Labute approximate surface area is 194 Å². The molecule has 2 atom stereocenters. The van der Waals surface area contributed by atoms with E-state index in [-0.39, 0.29) is 24.8 Å². The molecule has 1 fully saturated rings. The van der Waals surface area contributed by atoms with Gasteiger partial charge in [-0.15, -0.1) is 0 Å². The first-order chi connectivity index (χ1) is 16.0. The summed E-state index contributed by atoms with van der Waals surface area (Å²) in [5, 5.41) is 11.3. The Hall–Kier alpha value is -2.94. The van der Waals surface area contributed by atoms with Crippen molar-refractivity contribution >= 4 is 23.7 Å². The summed E-state index contributed by atoms with van der Waals surface area (Å²) in [5.41, 5.74) is 2.51. The maximum absolute atomic E-state index is 13.0. The van der Waals surface area contributed by atoms with Crippen molar-refractivity contribution in [3.8, 4) is 0 Å². The Kier molecular flexibility index (Phi) is 11.4. The molecule has 1 aromatic carbocycles. The van der Waals surface area contributed by atoms with Gasteiger partial charge in [-0.05, 0) is 38.2 Å². The average molecular weight is 462 g/mol. The number of rotatable bonds is 13. The van der Waals surface area contributed by atoms with Gasteiger partial charge in [0.15, 0.2) is 0 Å². The van der Waals surface area contributed by atoms with Crippen molar-refractivity contribution in [2.24, 2.45) is 0 Å². The van der Waals surface area contributed by atoms with Gasteiger partial charge >= 0.3 is 5.97 Å². The first kappa shape index (κ1) is 26.3. The lowest BCUT2D eigenvalue weighted by molar-refractivity contribution is -0.148. The second-order valence-corrected chi connectivity index (χ2v) is 8.20. The Morgan fingerprint density at radius 3 is 2.45 bits per heavy atom. The number of carbonyl (C=O) groups is 4. The smallest absolute Gasteiger partial charge is 0.328 e. The molecule has 1 heterocycles. The zero-order valence-corrected chi connectivity index (χ0v) is 19.3. The molecule has 0 bridgehead atoms. The number of amides is 3. The van der Waals surface area contributed by atoms with Crippen molar-refractivity contribution in [1.82, 2.24) is 15.7 Å². The summed E-state index contributed by atoms with van der Waals surface area (Å²) in [5.74, 6) is -1.30. The number of hydrogen-bond donors (Lipinski definition) is 3. The summed E-state index contributed by atoms with van der Waals surface area (Å²) < 4.78 is 5.15. The van der Waals surface area contributed by atoms with E-state index in [1.54, 1.807) is 17.3 Å². The number of ether oxygens (including phenoxy) is 1. The molecule has 0 saturated carbocycles. The van der Waals surface area contributed by atoms with E-state index in [1.165, 1.54) is 0 Å². The number of unbranched alkanes of at least 4 members (excludes halogenated alkanes) is 3. The summed E-state index contributed by atoms with van der Waals surface area (Å²) in [6.07, 6.45) is 5.10. The van der Waals surface area contributed by atoms with Crippen LogP contribution in [-0.4, -0.2) is 59.0 Å². The van der Waals surface area contributed by atoms with Gasteiger partial charge in [0.25, 0.3) is 0 Å². The molecule has 0 spiro atoms. The van der Waals surface area contributed by atoms with E-state index < -0.39 is 24.0 Å². The van der Waals surface area contributed by atoms with Gasteiger partial charge in [-0.25, -0.2) is 10.3 Å². The van der Waals surface area contributed by atoms with Crippen LogP contribution in [0.1, 0.15) is 63.9 Å². The number of nitrogens with one attached hydrogen (secondary N) is 2. The number of benzene rings is 1. The Morgan fingerprint density at radius 2 is 1.79 bits per heavy atom. The van der Waals surface area contributed by atoms with Crippen LogP contribution in [0.4, 0.5) is 0 Å². The van der Waals surface area contributed by atoms with Gasteiger partial charge in [0, 0.05) is 25.8 Å². The van der Waals surface area contributed by atoms with E-state index in [4.69, 9.17) is 9.94 Å². The van der Waals surface area contributed by atoms with Gasteiger partial charge in [0.2, 0.25) is 17.7 Å². The molecule has 3 N–H and O–H groups in total. The third-order valence-electron chi connectivity index (χ3n) is 5.72. The van der Waals surface area contributed by atoms with Crippen molar-refractivity contribution < 1.29 is 29.1 Å². The standard InChI is InChI=1S/C24H35N3O6/c1-2-33-24(31)19(17-18-11-6-5-7-12-18)25-23(30)20-13-10-16-27(20)22(29)15-9-4-3-8-14-21(28)26-32/h5-7,11-12,19-20,32H,2-4,8-10,13-17H2,1H3,(H,25,30)(H,26,28)/t19-,20?/m0/s1. The molecule has 0 radical (unpaired) electrons. The third kappa shape index (κ3) is 8.84. The van der Waals surface area contributed by atoms with E-state index in [2.05, 4.69) is 5.32 Å². The highest BCUT2D eigenvalue weighted by Crippen LogP contribution is 2.20. The Bertz CT molecular complexity index is 786. The largest absolute Gasteiger partial charge is 0.464 e. The van der Waals surface area contributed by atoms with E-state index in [0.29, 0.717) is 38.6 Å². The quantitative estimate of drug-likeness (QED) is 0.179. The molecule has 1 unspecified atom stereocenters. The van der Waals surface area contributed by atoms with Crippen LogP contribution < -0.4 is 10.8 Å². The van der Waals surface area contributed by atoms with Gasteiger partial charge in [0.05, 0.1) is 6.61 Å². The van der Waals surface area contributed by atoms with Crippen LogP contribution in [0.15, 0.2) is 30.3 Å². The minimum Gasteiger partial charge on any atom is -0.464 e. The number of esters is 1. The van der Waals surface area contributed by atoms with Crippen molar-refractivity contribution in [3.05, 3.63) is 35.9 Å². The predicted octanol–water partition coefficient (Wildman–Crippen LogP) is 2.11. The molecule has 1 aliphatic heterocycles. The second-order valence-electron chi connectivity index (χ2n) is 8.20. The predicted molar refractivity (Wildman–Crippen MR) is 121 cm³/mol. The van der Waals surface area contributed by atoms with Gasteiger partial charge < -0.3 is 15.0 Å². The SMILES string of the molecule is CCOC(=O)[C@H](Cc1ccccc1)NC(=O)C1CCCN1C(=O)CCCCCCC(=O)NO. The van der Waals surface area contributed by atoms with E-state index in [0.717, 1.165) is 24.8 Å². The normalized spacial score (nSPS) is 16.2. The molecule has 33 heavy (non-hydrogen) atoms. The van der Waals surface area contributed by atoms with Crippen LogP contribution in [0, 0.1) is 0 Å². The fourth-order valence-electron chi connectivity index (χ4n) is 4.01. The van der Waals surface area contributed by atoms with Crippen LogP contribution >= 0.6 is 0 Å². The first-order valence-electron chi connectivity index (χ1n) is 11.7. The van der Waals surface area contributed by atoms with E-state index in [9.17, 15) is 19.2 Å². The van der Waals surface area contributed by atoms with Crippen molar-refractivity contribution in [3.63, 3.8) is 0 Å². The molecule has 1 aromatic rings. The van der Waals surface area contributed by atoms with Crippen LogP contribution in [0.25, 0.3) is 0 Å². The van der Waals surface area contributed by atoms with Gasteiger partial charge in [-0.1, -0.05) is 43.2 Å². The van der Waals surface area contributed by atoms with Gasteiger partial charge in [-0.3, -0.25) is 19.6 Å².